The maximum atomic E-state index is 12.4. The van der Waals surface area contributed by atoms with Crippen LogP contribution in [0.2, 0.25) is 0 Å². The fourth-order valence-electron chi connectivity index (χ4n) is 2.31. The molecule has 1 heterocycles. The average Bonchev–Trinajstić information content (AvgIpc) is 3.01. The van der Waals surface area contributed by atoms with Gasteiger partial charge in [0.15, 0.2) is 11.5 Å². The molecule has 1 aliphatic heterocycles. The maximum Gasteiger partial charge on any atom is 0.241 e. The summed E-state index contributed by atoms with van der Waals surface area (Å²) in [5, 5.41) is 10.7. The van der Waals surface area contributed by atoms with Crippen molar-refractivity contribution in [2.24, 2.45) is 0 Å². The zero-order chi connectivity index (χ0) is 17.4. The Balaban J connectivity index is 1.79. The second kappa shape index (κ2) is 6.36. The van der Waals surface area contributed by atoms with Crippen LogP contribution in [0.1, 0.15) is 12.5 Å². The van der Waals surface area contributed by atoms with Gasteiger partial charge in [-0.3, -0.25) is 0 Å². The number of ether oxygens (including phenoxy) is 2. The van der Waals surface area contributed by atoms with Crippen LogP contribution in [0.15, 0.2) is 51.8 Å². The molecule has 1 aliphatic rings. The predicted octanol–water partition coefficient (Wildman–Crippen LogP) is 2.36. The van der Waals surface area contributed by atoms with E-state index in [0.29, 0.717) is 21.5 Å². The Hall–Kier alpha value is -1.61. The molecule has 6 nitrogen and oxygen atoms in total. The Bertz CT molecular complexity index is 867. The first kappa shape index (κ1) is 17.2. The third-order valence-corrected chi connectivity index (χ3v) is 6.14. The van der Waals surface area contributed by atoms with E-state index in [1.807, 2.05) is 0 Å². The van der Waals surface area contributed by atoms with E-state index >= 15 is 0 Å². The predicted molar refractivity (Wildman–Crippen MR) is 91.5 cm³/mol. The molecular weight excluding hydrogens is 398 g/mol. The zero-order valence-corrected chi connectivity index (χ0v) is 15.2. The average molecular weight is 414 g/mol. The van der Waals surface area contributed by atoms with Gasteiger partial charge in [0.25, 0.3) is 0 Å². The number of fused-ring (bicyclic) bond motifs is 1. The van der Waals surface area contributed by atoms with Gasteiger partial charge in [-0.25, -0.2) is 13.1 Å². The van der Waals surface area contributed by atoms with Crippen LogP contribution in [0.4, 0.5) is 0 Å². The zero-order valence-electron chi connectivity index (χ0n) is 12.8. The first-order chi connectivity index (χ1) is 11.3. The fraction of sp³-hybridized carbons (Fsp3) is 0.250. The molecule has 2 N–H and O–H groups in total. The minimum atomic E-state index is -3.76. The van der Waals surface area contributed by atoms with E-state index in [1.165, 1.54) is 13.0 Å². The Morgan fingerprint density at radius 1 is 1.21 bits per heavy atom. The first-order valence-corrected chi connectivity index (χ1v) is 9.44. The van der Waals surface area contributed by atoms with E-state index in [1.54, 1.807) is 36.4 Å². The summed E-state index contributed by atoms with van der Waals surface area (Å²) in [6, 6.07) is 11.5. The molecular formula is C16H16BrNO5S. The van der Waals surface area contributed by atoms with Gasteiger partial charge in [-0.2, -0.15) is 0 Å². The number of hydrogen-bond donors (Lipinski definition) is 2. The van der Waals surface area contributed by atoms with Crippen molar-refractivity contribution in [3.8, 4) is 11.5 Å². The summed E-state index contributed by atoms with van der Waals surface area (Å²) in [5.41, 5.74) is -0.878. The third-order valence-electron chi connectivity index (χ3n) is 3.73. The molecule has 0 amide bonds. The van der Waals surface area contributed by atoms with Crippen LogP contribution in [0.3, 0.4) is 0 Å². The molecule has 1 atom stereocenters. The highest BCUT2D eigenvalue weighted by Crippen LogP contribution is 2.35. The Morgan fingerprint density at radius 3 is 2.67 bits per heavy atom. The molecule has 0 bridgehead atoms. The van der Waals surface area contributed by atoms with Gasteiger partial charge in [-0.15, -0.1) is 0 Å². The van der Waals surface area contributed by atoms with Crippen molar-refractivity contribution in [1.29, 1.82) is 0 Å². The number of halogens is 1. The largest absolute Gasteiger partial charge is 0.454 e. The summed E-state index contributed by atoms with van der Waals surface area (Å²) in [6.07, 6.45) is 0. The topological polar surface area (TPSA) is 84.9 Å². The summed E-state index contributed by atoms with van der Waals surface area (Å²) in [5.74, 6) is 1.13. The van der Waals surface area contributed by atoms with E-state index in [2.05, 4.69) is 20.7 Å². The van der Waals surface area contributed by atoms with E-state index < -0.39 is 15.6 Å². The Morgan fingerprint density at radius 2 is 1.92 bits per heavy atom. The molecule has 0 fully saturated rings. The second-order valence-electron chi connectivity index (χ2n) is 5.60. The van der Waals surface area contributed by atoms with Crippen LogP contribution in [0, 0.1) is 0 Å². The molecule has 0 saturated heterocycles. The summed E-state index contributed by atoms with van der Waals surface area (Å²) >= 11 is 3.22. The highest BCUT2D eigenvalue weighted by molar-refractivity contribution is 9.10. The molecule has 0 aliphatic carbocycles. The number of rotatable bonds is 5. The molecule has 0 aromatic heterocycles. The van der Waals surface area contributed by atoms with Gasteiger partial charge in [-0.05, 0) is 52.7 Å². The number of hydrogen-bond acceptors (Lipinski definition) is 5. The van der Waals surface area contributed by atoms with Crippen molar-refractivity contribution in [3.05, 3.63) is 52.5 Å². The van der Waals surface area contributed by atoms with Crippen molar-refractivity contribution in [2.75, 3.05) is 13.3 Å². The van der Waals surface area contributed by atoms with Gasteiger partial charge >= 0.3 is 0 Å². The van der Waals surface area contributed by atoms with Crippen molar-refractivity contribution in [2.45, 2.75) is 17.4 Å². The number of sulfonamides is 1. The SMILES string of the molecule is CC(O)(CNS(=O)(=O)c1ccccc1Br)c1ccc2c(c1)OCO2. The molecule has 0 spiro atoms. The van der Waals surface area contributed by atoms with Crippen molar-refractivity contribution in [1.82, 2.24) is 4.72 Å². The van der Waals surface area contributed by atoms with Gasteiger partial charge in [0.1, 0.15) is 5.60 Å². The standard InChI is InChI=1S/C16H16BrNO5S/c1-16(19,11-6-7-13-14(8-11)23-10-22-13)9-18-24(20,21)15-5-3-2-4-12(15)17/h2-8,18-19H,9-10H2,1H3. The molecule has 3 rings (SSSR count). The molecule has 24 heavy (non-hydrogen) atoms. The Kier molecular flexibility index (Phi) is 4.56. The summed E-state index contributed by atoms with van der Waals surface area (Å²) in [4.78, 5) is 0.117. The van der Waals surface area contributed by atoms with Crippen molar-refractivity contribution in [3.63, 3.8) is 0 Å². The van der Waals surface area contributed by atoms with Crippen molar-refractivity contribution < 1.29 is 23.0 Å². The fourth-order valence-corrected chi connectivity index (χ4v) is 4.44. The monoisotopic (exact) mass is 413 g/mol. The maximum absolute atomic E-state index is 12.4. The van der Waals surface area contributed by atoms with Crippen LogP contribution in [0.25, 0.3) is 0 Å². The van der Waals surface area contributed by atoms with Gasteiger partial charge < -0.3 is 14.6 Å². The smallest absolute Gasteiger partial charge is 0.241 e. The summed E-state index contributed by atoms with van der Waals surface area (Å²) in [6.45, 7) is 1.49. The Labute approximate surface area is 148 Å². The lowest BCUT2D eigenvalue weighted by atomic mass is 9.96. The second-order valence-corrected chi connectivity index (χ2v) is 8.19. The highest BCUT2D eigenvalue weighted by Gasteiger charge is 2.28. The minimum Gasteiger partial charge on any atom is -0.454 e. The quantitative estimate of drug-likeness (QED) is 0.785. The molecule has 2 aromatic rings. The molecule has 2 aromatic carbocycles. The van der Waals surface area contributed by atoms with Gasteiger partial charge in [-0.1, -0.05) is 18.2 Å². The molecule has 0 saturated carbocycles. The van der Waals surface area contributed by atoms with Gasteiger partial charge in [0.05, 0.1) is 4.90 Å². The summed E-state index contributed by atoms with van der Waals surface area (Å²) < 4.78 is 38.3. The van der Waals surface area contributed by atoms with Crippen LogP contribution >= 0.6 is 15.9 Å². The van der Waals surface area contributed by atoms with Crippen LogP contribution in [0.5, 0.6) is 11.5 Å². The van der Waals surface area contributed by atoms with Crippen LogP contribution < -0.4 is 14.2 Å². The number of nitrogens with one attached hydrogen (secondary N) is 1. The number of aliphatic hydroxyl groups is 1. The normalized spacial score (nSPS) is 16.0. The minimum absolute atomic E-state index is 0.117. The van der Waals surface area contributed by atoms with Crippen LogP contribution in [-0.2, 0) is 15.6 Å². The van der Waals surface area contributed by atoms with E-state index in [0.717, 1.165) is 0 Å². The van der Waals surface area contributed by atoms with Crippen LogP contribution in [-0.4, -0.2) is 26.9 Å². The van der Waals surface area contributed by atoms with E-state index in [4.69, 9.17) is 9.47 Å². The molecule has 0 radical (unpaired) electrons. The third kappa shape index (κ3) is 3.41. The lowest BCUT2D eigenvalue weighted by Gasteiger charge is -2.24. The number of benzene rings is 2. The molecule has 128 valence electrons. The van der Waals surface area contributed by atoms with E-state index in [-0.39, 0.29) is 18.2 Å². The van der Waals surface area contributed by atoms with Gasteiger partial charge in [0, 0.05) is 11.0 Å². The van der Waals surface area contributed by atoms with E-state index in [9.17, 15) is 13.5 Å². The lowest BCUT2D eigenvalue weighted by Crippen LogP contribution is -2.38. The molecule has 1 unspecified atom stereocenters. The van der Waals surface area contributed by atoms with Gasteiger partial charge in [0.2, 0.25) is 16.8 Å². The van der Waals surface area contributed by atoms with Crippen molar-refractivity contribution >= 4 is 26.0 Å². The highest BCUT2D eigenvalue weighted by atomic mass is 79.9. The first-order valence-electron chi connectivity index (χ1n) is 7.16. The lowest BCUT2D eigenvalue weighted by molar-refractivity contribution is 0.0625. The summed E-state index contributed by atoms with van der Waals surface area (Å²) in [7, 11) is -3.76. The molecule has 8 heteroatoms.